The average Bonchev–Trinajstić information content (AvgIpc) is 2.27. The number of ether oxygens (including phenoxy) is 1. The van der Waals surface area contributed by atoms with Gasteiger partial charge in [0.2, 0.25) is 0 Å². The Morgan fingerprint density at radius 2 is 2.13 bits per heavy atom. The van der Waals surface area contributed by atoms with Crippen LogP contribution in [0, 0.1) is 0 Å². The highest BCUT2D eigenvalue weighted by Gasteiger charge is 2.12. The molecular formula is C12H13BrO2. The molecule has 0 N–H and O–H groups in total. The maximum atomic E-state index is 11.9. The van der Waals surface area contributed by atoms with Crippen LogP contribution in [0.1, 0.15) is 24.2 Å². The highest BCUT2D eigenvalue weighted by atomic mass is 79.9. The van der Waals surface area contributed by atoms with Gasteiger partial charge in [0.1, 0.15) is 5.75 Å². The van der Waals surface area contributed by atoms with Crippen LogP contribution in [0.3, 0.4) is 0 Å². The second-order valence-electron chi connectivity index (χ2n) is 3.15. The normalized spacial score (nSPS) is 11.3. The molecule has 0 spiro atoms. The van der Waals surface area contributed by atoms with Gasteiger partial charge in [0, 0.05) is 10.0 Å². The number of Topliss-reactive ketones (excluding diaryl/α,β-unsaturated/α-hetero) is 1. The van der Waals surface area contributed by atoms with Gasteiger partial charge in [-0.2, -0.15) is 0 Å². The summed E-state index contributed by atoms with van der Waals surface area (Å²) in [7, 11) is 1.58. The fourth-order valence-corrected chi connectivity index (χ4v) is 1.58. The number of hydrogen-bond donors (Lipinski definition) is 0. The first-order chi connectivity index (χ1) is 7.10. The topological polar surface area (TPSA) is 26.3 Å². The molecule has 80 valence electrons. The molecule has 15 heavy (non-hydrogen) atoms. The van der Waals surface area contributed by atoms with E-state index in [0.29, 0.717) is 11.3 Å². The fraction of sp³-hybridized carbons (Fsp3) is 0.250. The molecule has 0 amide bonds. The van der Waals surface area contributed by atoms with Crippen molar-refractivity contribution in [3.05, 3.63) is 39.9 Å². The van der Waals surface area contributed by atoms with Gasteiger partial charge in [-0.3, -0.25) is 4.79 Å². The van der Waals surface area contributed by atoms with Gasteiger partial charge in [-0.25, -0.2) is 0 Å². The monoisotopic (exact) mass is 268 g/mol. The highest BCUT2D eigenvalue weighted by molar-refractivity contribution is 9.10. The SMILES string of the molecule is CC=C(C)C(=O)c1cc(OC)ccc1Br. The molecule has 0 fully saturated rings. The van der Waals surface area contributed by atoms with Gasteiger partial charge >= 0.3 is 0 Å². The standard InChI is InChI=1S/C12H13BrO2/c1-4-8(2)12(14)10-7-9(15-3)5-6-11(10)13/h4-7H,1-3H3. The first-order valence-electron chi connectivity index (χ1n) is 4.61. The summed E-state index contributed by atoms with van der Waals surface area (Å²) in [5.41, 5.74) is 1.36. The number of carbonyl (C=O) groups excluding carboxylic acids is 1. The van der Waals surface area contributed by atoms with E-state index in [1.165, 1.54) is 0 Å². The Bertz CT molecular complexity index is 408. The smallest absolute Gasteiger partial charge is 0.189 e. The molecule has 0 unspecified atom stereocenters. The number of benzene rings is 1. The van der Waals surface area contributed by atoms with Crippen LogP contribution in [-0.4, -0.2) is 12.9 Å². The summed E-state index contributed by atoms with van der Waals surface area (Å²) in [5.74, 6) is 0.703. The second-order valence-corrected chi connectivity index (χ2v) is 4.00. The first-order valence-corrected chi connectivity index (χ1v) is 5.40. The van der Waals surface area contributed by atoms with Crippen molar-refractivity contribution in [2.75, 3.05) is 7.11 Å². The molecule has 2 nitrogen and oxygen atoms in total. The fourth-order valence-electron chi connectivity index (χ4n) is 1.15. The maximum absolute atomic E-state index is 11.9. The molecule has 0 aliphatic heterocycles. The van der Waals surface area contributed by atoms with Gasteiger partial charge in [-0.15, -0.1) is 0 Å². The van der Waals surface area contributed by atoms with Crippen LogP contribution in [0.25, 0.3) is 0 Å². The Kier molecular flexibility index (Phi) is 4.09. The van der Waals surface area contributed by atoms with E-state index in [0.717, 1.165) is 10.0 Å². The molecule has 0 atom stereocenters. The van der Waals surface area contributed by atoms with Gasteiger partial charge in [-0.05, 0) is 37.6 Å². The minimum atomic E-state index is 0.0169. The summed E-state index contributed by atoms with van der Waals surface area (Å²) >= 11 is 3.35. The van der Waals surface area contributed by atoms with Gasteiger partial charge in [-0.1, -0.05) is 22.0 Å². The Hall–Kier alpha value is -1.09. The molecule has 1 rings (SSSR count). The van der Waals surface area contributed by atoms with E-state index in [1.54, 1.807) is 26.2 Å². The van der Waals surface area contributed by atoms with Crippen LogP contribution >= 0.6 is 15.9 Å². The Labute approximate surface area is 98.1 Å². The zero-order valence-electron chi connectivity index (χ0n) is 9.00. The molecule has 3 heteroatoms. The van der Waals surface area contributed by atoms with E-state index in [-0.39, 0.29) is 5.78 Å². The summed E-state index contributed by atoms with van der Waals surface area (Å²) in [6.07, 6.45) is 1.80. The van der Waals surface area contributed by atoms with Crippen molar-refractivity contribution in [3.63, 3.8) is 0 Å². The first kappa shape index (κ1) is 12.0. The number of halogens is 1. The van der Waals surface area contributed by atoms with Crippen molar-refractivity contribution in [1.29, 1.82) is 0 Å². The van der Waals surface area contributed by atoms with Gasteiger partial charge in [0.15, 0.2) is 5.78 Å². The summed E-state index contributed by atoms with van der Waals surface area (Å²) in [6.45, 7) is 3.65. The minimum absolute atomic E-state index is 0.0169. The molecule has 0 heterocycles. The summed E-state index contributed by atoms with van der Waals surface area (Å²) < 4.78 is 5.87. The van der Waals surface area contributed by atoms with Gasteiger partial charge < -0.3 is 4.74 Å². The molecule has 0 aliphatic carbocycles. The molecule has 1 aromatic carbocycles. The van der Waals surface area contributed by atoms with Crippen LogP contribution < -0.4 is 4.74 Å². The van der Waals surface area contributed by atoms with Crippen LogP contribution in [-0.2, 0) is 0 Å². The number of hydrogen-bond acceptors (Lipinski definition) is 2. The second kappa shape index (κ2) is 5.12. The largest absolute Gasteiger partial charge is 0.497 e. The Balaban J connectivity index is 3.18. The number of carbonyl (C=O) groups is 1. The van der Waals surface area contributed by atoms with E-state index in [2.05, 4.69) is 15.9 Å². The third kappa shape index (κ3) is 2.69. The molecule has 0 aliphatic rings. The van der Waals surface area contributed by atoms with E-state index in [4.69, 9.17) is 4.74 Å². The lowest BCUT2D eigenvalue weighted by Gasteiger charge is -2.06. The van der Waals surface area contributed by atoms with Crippen molar-refractivity contribution in [1.82, 2.24) is 0 Å². The summed E-state index contributed by atoms with van der Waals surface area (Å²) in [6, 6.07) is 5.36. The number of rotatable bonds is 3. The van der Waals surface area contributed by atoms with Gasteiger partial charge in [0.25, 0.3) is 0 Å². The minimum Gasteiger partial charge on any atom is -0.497 e. The molecule has 0 bridgehead atoms. The number of allylic oxidation sites excluding steroid dienone is 2. The van der Waals surface area contributed by atoms with E-state index >= 15 is 0 Å². The average molecular weight is 269 g/mol. The lowest BCUT2D eigenvalue weighted by atomic mass is 10.0. The van der Waals surface area contributed by atoms with E-state index < -0.39 is 0 Å². The zero-order chi connectivity index (χ0) is 11.4. The number of methoxy groups -OCH3 is 1. The third-order valence-corrected chi connectivity index (χ3v) is 2.90. The highest BCUT2D eigenvalue weighted by Crippen LogP contribution is 2.24. The molecular weight excluding hydrogens is 256 g/mol. The van der Waals surface area contributed by atoms with Crippen molar-refractivity contribution in [2.45, 2.75) is 13.8 Å². The predicted molar refractivity (Wildman–Crippen MR) is 64.5 cm³/mol. The van der Waals surface area contributed by atoms with E-state index in [9.17, 15) is 4.79 Å². The quantitative estimate of drug-likeness (QED) is 0.619. The molecule has 0 radical (unpaired) electrons. The van der Waals surface area contributed by atoms with Crippen molar-refractivity contribution >= 4 is 21.7 Å². The van der Waals surface area contributed by atoms with Crippen LogP contribution in [0.5, 0.6) is 5.75 Å². The zero-order valence-corrected chi connectivity index (χ0v) is 10.6. The molecule has 1 aromatic rings. The number of ketones is 1. The van der Waals surface area contributed by atoms with Gasteiger partial charge in [0.05, 0.1) is 7.11 Å². The van der Waals surface area contributed by atoms with Crippen LogP contribution in [0.2, 0.25) is 0 Å². The maximum Gasteiger partial charge on any atom is 0.189 e. The van der Waals surface area contributed by atoms with Crippen molar-refractivity contribution < 1.29 is 9.53 Å². The molecule has 0 saturated heterocycles. The Morgan fingerprint density at radius 1 is 1.47 bits per heavy atom. The van der Waals surface area contributed by atoms with Crippen LogP contribution in [0.4, 0.5) is 0 Å². The molecule has 0 saturated carbocycles. The lowest BCUT2D eigenvalue weighted by molar-refractivity contribution is 0.103. The predicted octanol–water partition coefficient (Wildman–Crippen LogP) is 3.61. The summed E-state index contributed by atoms with van der Waals surface area (Å²) in [5, 5.41) is 0. The van der Waals surface area contributed by atoms with Crippen molar-refractivity contribution in [3.8, 4) is 5.75 Å². The van der Waals surface area contributed by atoms with E-state index in [1.807, 2.05) is 19.1 Å². The Morgan fingerprint density at radius 3 is 2.67 bits per heavy atom. The summed E-state index contributed by atoms with van der Waals surface area (Å²) in [4.78, 5) is 11.9. The third-order valence-electron chi connectivity index (χ3n) is 2.21. The lowest BCUT2D eigenvalue weighted by Crippen LogP contribution is -2.02. The van der Waals surface area contributed by atoms with Crippen LogP contribution in [0.15, 0.2) is 34.3 Å². The molecule has 0 aromatic heterocycles. The van der Waals surface area contributed by atoms with Crippen molar-refractivity contribution in [2.24, 2.45) is 0 Å².